The monoisotopic (exact) mass is 391 g/mol. The summed E-state index contributed by atoms with van der Waals surface area (Å²) in [6.07, 6.45) is 1.44. The average molecular weight is 392 g/mol. The smallest absolute Gasteiger partial charge is 0.243 e. The predicted molar refractivity (Wildman–Crippen MR) is 94.6 cm³/mol. The van der Waals surface area contributed by atoms with Crippen LogP contribution in [-0.2, 0) is 14.8 Å². The lowest BCUT2D eigenvalue weighted by Gasteiger charge is -2.24. The zero-order chi connectivity index (χ0) is 17.2. The summed E-state index contributed by atoms with van der Waals surface area (Å²) in [4.78, 5) is 14.4. The van der Waals surface area contributed by atoms with Crippen LogP contribution in [0.5, 0.6) is 0 Å². The Morgan fingerprint density at radius 2 is 1.84 bits per heavy atom. The van der Waals surface area contributed by atoms with Crippen LogP contribution in [-0.4, -0.2) is 62.8 Å². The van der Waals surface area contributed by atoms with Crippen molar-refractivity contribution < 1.29 is 17.6 Å². The number of hydrogen-bond acceptors (Lipinski definition) is 4. The van der Waals surface area contributed by atoms with Gasteiger partial charge in [-0.2, -0.15) is 4.31 Å². The maximum atomic E-state index is 13.0. The Bertz CT molecular complexity index is 693. The van der Waals surface area contributed by atoms with Crippen LogP contribution in [0, 0.1) is 11.7 Å². The molecule has 2 saturated heterocycles. The third-order valence-corrected chi connectivity index (χ3v) is 6.54. The van der Waals surface area contributed by atoms with Crippen molar-refractivity contribution in [3.05, 3.63) is 30.1 Å². The lowest BCUT2D eigenvalue weighted by molar-refractivity contribution is -0.134. The standard InChI is InChI=1S/C16H22FN3O3S.ClH/c17-14-2-4-15(5-3-14)24(22,23)20-9-1-8-19(10-11-20)16(21)13-6-7-18-12-13;/h2-5,13,18H,1,6-12H2;1H. The summed E-state index contributed by atoms with van der Waals surface area (Å²) >= 11 is 0. The quantitative estimate of drug-likeness (QED) is 0.837. The van der Waals surface area contributed by atoms with Crippen LogP contribution in [0.25, 0.3) is 0 Å². The minimum absolute atomic E-state index is 0. The summed E-state index contributed by atoms with van der Waals surface area (Å²) < 4.78 is 39.7. The van der Waals surface area contributed by atoms with Crippen molar-refractivity contribution in [2.75, 3.05) is 39.3 Å². The molecular formula is C16H23ClFN3O3S. The van der Waals surface area contributed by atoms with E-state index in [-0.39, 0.29) is 35.7 Å². The second kappa shape index (κ2) is 8.44. The molecule has 0 saturated carbocycles. The van der Waals surface area contributed by atoms with Gasteiger partial charge in [0.25, 0.3) is 0 Å². The summed E-state index contributed by atoms with van der Waals surface area (Å²) in [6, 6.07) is 4.85. The van der Waals surface area contributed by atoms with E-state index in [9.17, 15) is 17.6 Å². The fourth-order valence-electron chi connectivity index (χ4n) is 3.23. The van der Waals surface area contributed by atoms with Gasteiger partial charge in [0.05, 0.1) is 10.8 Å². The minimum Gasteiger partial charge on any atom is -0.341 e. The highest BCUT2D eigenvalue weighted by Crippen LogP contribution is 2.19. The van der Waals surface area contributed by atoms with Gasteiger partial charge in [-0.15, -0.1) is 12.4 Å². The number of rotatable bonds is 3. The van der Waals surface area contributed by atoms with Gasteiger partial charge in [0, 0.05) is 32.7 Å². The van der Waals surface area contributed by atoms with E-state index in [4.69, 9.17) is 0 Å². The summed E-state index contributed by atoms with van der Waals surface area (Å²) in [6.45, 7) is 3.17. The van der Waals surface area contributed by atoms with Crippen LogP contribution in [0.4, 0.5) is 4.39 Å². The van der Waals surface area contributed by atoms with E-state index in [0.29, 0.717) is 32.6 Å². The molecule has 3 rings (SSSR count). The summed E-state index contributed by atoms with van der Waals surface area (Å²) in [5.41, 5.74) is 0. The van der Waals surface area contributed by atoms with E-state index >= 15 is 0 Å². The molecule has 1 aromatic carbocycles. The van der Waals surface area contributed by atoms with Crippen LogP contribution < -0.4 is 5.32 Å². The fourth-order valence-corrected chi connectivity index (χ4v) is 4.70. The first-order valence-corrected chi connectivity index (χ1v) is 9.68. The molecule has 9 heteroatoms. The SMILES string of the molecule is Cl.O=C(C1CCNC1)N1CCCN(S(=O)(=O)c2ccc(F)cc2)CC1. The first-order chi connectivity index (χ1) is 11.5. The lowest BCUT2D eigenvalue weighted by atomic mass is 10.1. The van der Waals surface area contributed by atoms with Crippen molar-refractivity contribution >= 4 is 28.3 Å². The molecule has 2 heterocycles. The number of amides is 1. The van der Waals surface area contributed by atoms with Crippen molar-refractivity contribution in [3.8, 4) is 0 Å². The molecule has 1 unspecified atom stereocenters. The van der Waals surface area contributed by atoms with Crippen molar-refractivity contribution in [1.29, 1.82) is 0 Å². The number of halogens is 2. The zero-order valence-electron chi connectivity index (χ0n) is 13.9. The van der Waals surface area contributed by atoms with Gasteiger partial charge < -0.3 is 10.2 Å². The highest BCUT2D eigenvalue weighted by atomic mass is 35.5. The third kappa shape index (κ3) is 4.49. The van der Waals surface area contributed by atoms with Crippen LogP contribution in [0.3, 0.4) is 0 Å². The lowest BCUT2D eigenvalue weighted by Crippen LogP contribution is -2.40. The molecule has 1 amide bonds. The molecule has 1 aromatic rings. The number of carbonyl (C=O) groups is 1. The van der Waals surface area contributed by atoms with E-state index in [1.807, 2.05) is 0 Å². The molecule has 2 fully saturated rings. The molecule has 0 bridgehead atoms. The largest absolute Gasteiger partial charge is 0.341 e. The Hall–Kier alpha value is -1.22. The fraction of sp³-hybridized carbons (Fsp3) is 0.562. The molecule has 0 spiro atoms. The van der Waals surface area contributed by atoms with Gasteiger partial charge in [-0.1, -0.05) is 0 Å². The minimum atomic E-state index is -3.65. The predicted octanol–water partition coefficient (Wildman–Crippen LogP) is 1.08. The Balaban J connectivity index is 0.00000225. The van der Waals surface area contributed by atoms with E-state index in [1.54, 1.807) is 4.90 Å². The summed E-state index contributed by atoms with van der Waals surface area (Å²) in [7, 11) is -3.65. The van der Waals surface area contributed by atoms with E-state index in [2.05, 4.69) is 5.32 Å². The number of nitrogens with one attached hydrogen (secondary N) is 1. The number of carbonyl (C=O) groups excluding carboxylic acids is 1. The second-order valence-electron chi connectivity index (χ2n) is 6.23. The number of nitrogens with zero attached hydrogens (tertiary/aromatic N) is 2. The summed E-state index contributed by atoms with van der Waals surface area (Å²) in [5.74, 6) is -0.349. The average Bonchev–Trinajstić information content (AvgIpc) is 2.98. The molecule has 2 aliphatic rings. The summed E-state index contributed by atoms with van der Waals surface area (Å²) in [5, 5.41) is 3.18. The van der Waals surface area contributed by atoms with Gasteiger partial charge in [-0.25, -0.2) is 12.8 Å². The molecule has 1 N–H and O–H groups in total. The van der Waals surface area contributed by atoms with Crippen LogP contribution in [0.2, 0.25) is 0 Å². The Kier molecular flexibility index (Phi) is 6.79. The molecule has 0 aromatic heterocycles. The topological polar surface area (TPSA) is 69.7 Å². The van der Waals surface area contributed by atoms with Gasteiger partial charge in [0.1, 0.15) is 5.82 Å². The van der Waals surface area contributed by atoms with E-state index in [1.165, 1.54) is 16.4 Å². The molecular weight excluding hydrogens is 369 g/mol. The van der Waals surface area contributed by atoms with Gasteiger partial charge in [0.2, 0.25) is 15.9 Å². The van der Waals surface area contributed by atoms with Crippen molar-refractivity contribution in [1.82, 2.24) is 14.5 Å². The highest BCUT2D eigenvalue weighted by molar-refractivity contribution is 7.89. The number of benzene rings is 1. The van der Waals surface area contributed by atoms with Gasteiger partial charge in [-0.3, -0.25) is 4.79 Å². The van der Waals surface area contributed by atoms with Gasteiger partial charge in [-0.05, 0) is 43.7 Å². The molecule has 0 radical (unpaired) electrons. The van der Waals surface area contributed by atoms with E-state index in [0.717, 1.165) is 25.1 Å². The number of sulfonamides is 1. The van der Waals surface area contributed by atoms with Gasteiger partial charge in [0.15, 0.2) is 0 Å². The molecule has 1 atom stereocenters. The third-order valence-electron chi connectivity index (χ3n) is 4.63. The Labute approximate surface area is 153 Å². The molecule has 0 aliphatic carbocycles. The molecule has 25 heavy (non-hydrogen) atoms. The maximum Gasteiger partial charge on any atom is 0.243 e. The van der Waals surface area contributed by atoms with Crippen molar-refractivity contribution in [2.24, 2.45) is 5.92 Å². The molecule has 140 valence electrons. The number of hydrogen-bond donors (Lipinski definition) is 1. The first kappa shape index (κ1) is 20.1. The van der Waals surface area contributed by atoms with E-state index < -0.39 is 15.8 Å². The normalized spacial score (nSPS) is 22.3. The van der Waals surface area contributed by atoms with Crippen LogP contribution >= 0.6 is 12.4 Å². The maximum absolute atomic E-state index is 13.0. The Morgan fingerprint density at radius 1 is 1.12 bits per heavy atom. The first-order valence-electron chi connectivity index (χ1n) is 8.24. The van der Waals surface area contributed by atoms with Crippen LogP contribution in [0.1, 0.15) is 12.8 Å². The van der Waals surface area contributed by atoms with Crippen LogP contribution in [0.15, 0.2) is 29.2 Å². The zero-order valence-corrected chi connectivity index (χ0v) is 15.5. The second-order valence-corrected chi connectivity index (χ2v) is 8.16. The molecule has 2 aliphatic heterocycles. The van der Waals surface area contributed by atoms with Gasteiger partial charge >= 0.3 is 0 Å². The Morgan fingerprint density at radius 3 is 2.48 bits per heavy atom. The van der Waals surface area contributed by atoms with Crippen molar-refractivity contribution in [2.45, 2.75) is 17.7 Å². The highest BCUT2D eigenvalue weighted by Gasteiger charge is 2.31. The van der Waals surface area contributed by atoms with Crippen molar-refractivity contribution in [3.63, 3.8) is 0 Å². The molecule has 6 nitrogen and oxygen atoms in total.